The fourth-order valence-electron chi connectivity index (χ4n) is 3.50. The summed E-state index contributed by atoms with van der Waals surface area (Å²) in [6.07, 6.45) is 3.07. The van der Waals surface area contributed by atoms with Gasteiger partial charge in [0.1, 0.15) is 12.4 Å². The molecule has 1 heterocycles. The normalized spacial score (nSPS) is 14.1. The van der Waals surface area contributed by atoms with Gasteiger partial charge in [0, 0.05) is 24.7 Å². The summed E-state index contributed by atoms with van der Waals surface area (Å²) < 4.78 is 5.82. The largest absolute Gasteiger partial charge is 0.492 e. The van der Waals surface area contributed by atoms with E-state index >= 15 is 0 Å². The van der Waals surface area contributed by atoms with Gasteiger partial charge in [0.25, 0.3) is 5.91 Å². The molecule has 0 radical (unpaired) electrons. The lowest BCUT2D eigenvalue weighted by Crippen LogP contribution is -2.46. The summed E-state index contributed by atoms with van der Waals surface area (Å²) in [5.74, 6) is 0.978. The van der Waals surface area contributed by atoms with Crippen molar-refractivity contribution in [2.24, 2.45) is 0 Å². The minimum absolute atomic E-state index is 0. The van der Waals surface area contributed by atoms with Crippen LogP contribution in [0.2, 0.25) is 0 Å². The molecule has 1 saturated heterocycles. The third-order valence-electron chi connectivity index (χ3n) is 5.15. The molecule has 2 rings (SSSR count). The smallest absolute Gasteiger partial charge is 0.254 e. The van der Waals surface area contributed by atoms with Crippen LogP contribution >= 0.6 is 24.8 Å². The van der Waals surface area contributed by atoms with Crippen LogP contribution in [0.15, 0.2) is 24.3 Å². The third-order valence-corrected chi connectivity index (χ3v) is 5.15. The van der Waals surface area contributed by atoms with Crippen LogP contribution in [0.25, 0.3) is 0 Å². The first-order valence-corrected chi connectivity index (χ1v) is 10.2. The predicted molar refractivity (Wildman–Crippen MR) is 121 cm³/mol. The number of benzene rings is 1. The molecule has 162 valence electrons. The van der Waals surface area contributed by atoms with E-state index in [0.29, 0.717) is 12.6 Å². The summed E-state index contributed by atoms with van der Waals surface area (Å²) in [6.45, 7) is 13.0. The quantitative estimate of drug-likeness (QED) is 0.608. The average Bonchev–Trinajstić information content (AvgIpc) is 2.70. The van der Waals surface area contributed by atoms with Gasteiger partial charge >= 0.3 is 0 Å². The maximum Gasteiger partial charge on any atom is 0.254 e. The van der Waals surface area contributed by atoms with Crippen LogP contribution < -0.4 is 10.1 Å². The van der Waals surface area contributed by atoms with Crippen LogP contribution in [0.1, 0.15) is 50.4 Å². The number of carbonyl (C=O) groups excluding carboxylic acids is 1. The summed E-state index contributed by atoms with van der Waals surface area (Å²) in [5, 5.41) is 3.38. The number of ether oxygens (including phenoxy) is 1. The van der Waals surface area contributed by atoms with E-state index in [0.717, 1.165) is 69.8 Å². The molecule has 1 N–H and O–H groups in total. The van der Waals surface area contributed by atoms with Gasteiger partial charge in [-0.1, -0.05) is 20.8 Å². The third kappa shape index (κ3) is 8.16. The van der Waals surface area contributed by atoms with Gasteiger partial charge in [0.2, 0.25) is 0 Å². The van der Waals surface area contributed by atoms with Crippen molar-refractivity contribution in [1.29, 1.82) is 0 Å². The Hall–Kier alpha value is -1.01. The molecule has 0 atom stereocenters. The van der Waals surface area contributed by atoms with E-state index in [4.69, 9.17) is 4.74 Å². The highest BCUT2D eigenvalue weighted by Crippen LogP contribution is 2.18. The molecule has 0 saturated carbocycles. The number of hydrogen-bond acceptors (Lipinski definition) is 4. The Kier molecular flexibility index (Phi) is 14.4. The Balaban J connectivity index is 0.00000364. The SMILES string of the molecule is CCCN(C(=O)c1ccc(OCCN(CC)CC)cc1)C1CCNCC1.Cl.Cl. The Morgan fingerprint density at radius 3 is 2.18 bits per heavy atom. The van der Waals surface area contributed by atoms with Crippen LogP contribution in [0, 0.1) is 0 Å². The van der Waals surface area contributed by atoms with Crippen molar-refractivity contribution in [2.45, 2.75) is 46.1 Å². The number of amides is 1. The number of piperidine rings is 1. The molecule has 1 aliphatic rings. The van der Waals surface area contributed by atoms with Gasteiger partial charge in [-0.05, 0) is 69.7 Å². The van der Waals surface area contributed by atoms with Gasteiger partial charge in [-0.2, -0.15) is 0 Å². The van der Waals surface area contributed by atoms with Crippen LogP contribution in [0.5, 0.6) is 5.75 Å². The van der Waals surface area contributed by atoms with Gasteiger partial charge < -0.3 is 19.9 Å². The number of halogens is 2. The van der Waals surface area contributed by atoms with E-state index < -0.39 is 0 Å². The Morgan fingerprint density at radius 2 is 1.64 bits per heavy atom. The second kappa shape index (κ2) is 14.9. The number of hydrogen-bond donors (Lipinski definition) is 1. The summed E-state index contributed by atoms with van der Waals surface area (Å²) in [6, 6.07) is 8.00. The molecule has 5 nitrogen and oxygen atoms in total. The molecule has 0 aromatic heterocycles. The maximum atomic E-state index is 13.0. The molecule has 0 bridgehead atoms. The first kappa shape index (κ1) is 27.0. The van der Waals surface area contributed by atoms with E-state index in [9.17, 15) is 4.79 Å². The number of carbonyl (C=O) groups is 1. The number of nitrogens with zero attached hydrogens (tertiary/aromatic N) is 2. The average molecular weight is 434 g/mol. The van der Waals surface area contributed by atoms with Crippen LogP contribution in [-0.2, 0) is 0 Å². The lowest BCUT2D eigenvalue weighted by atomic mass is 10.0. The topological polar surface area (TPSA) is 44.8 Å². The molecule has 0 aliphatic carbocycles. The van der Waals surface area contributed by atoms with E-state index in [1.54, 1.807) is 0 Å². The van der Waals surface area contributed by atoms with Crippen molar-refractivity contribution < 1.29 is 9.53 Å². The van der Waals surface area contributed by atoms with Gasteiger partial charge in [-0.3, -0.25) is 4.79 Å². The van der Waals surface area contributed by atoms with E-state index in [2.05, 4.69) is 35.9 Å². The molecular formula is C21H37Cl2N3O2. The van der Waals surface area contributed by atoms with Gasteiger partial charge in [-0.15, -0.1) is 24.8 Å². The zero-order valence-corrected chi connectivity index (χ0v) is 19.1. The van der Waals surface area contributed by atoms with E-state index in [1.807, 2.05) is 24.3 Å². The molecule has 1 fully saturated rings. The molecule has 1 aromatic rings. The number of nitrogens with one attached hydrogen (secondary N) is 1. The molecule has 1 amide bonds. The minimum Gasteiger partial charge on any atom is -0.492 e. The molecule has 0 spiro atoms. The number of rotatable bonds is 10. The highest BCUT2D eigenvalue weighted by molar-refractivity contribution is 5.94. The molecular weight excluding hydrogens is 397 g/mol. The number of likely N-dealkylation sites (N-methyl/N-ethyl adjacent to an activating group) is 1. The monoisotopic (exact) mass is 433 g/mol. The van der Waals surface area contributed by atoms with Crippen LogP contribution in [-0.4, -0.2) is 67.6 Å². The van der Waals surface area contributed by atoms with Crippen molar-refractivity contribution in [3.8, 4) is 5.75 Å². The Labute approximate surface area is 183 Å². The lowest BCUT2D eigenvalue weighted by molar-refractivity contribution is 0.0642. The van der Waals surface area contributed by atoms with Gasteiger partial charge in [-0.25, -0.2) is 0 Å². The van der Waals surface area contributed by atoms with Gasteiger partial charge in [0.05, 0.1) is 0 Å². The van der Waals surface area contributed by atoms with E-state index in [-0.39, 0.29) is 30.7 Å². The van der Waals surface area contributed by atoms with E-state index in [1.165, 1.54) is 0 Å². The molecule has 28 heavy (non-hydrogen) atoms. The van der Waals surface area contributed by atoms with Crippen LogP contribution in [0.3, 0.4) is 0 Å². The summed E-state index contributed by atoms with van der Waals surface area (Å²) in [7, 11) is 0. The minimum atomic E-state index is 0. The highest BCUT2D eigenvalue weighted by atomic mass is 35.5. The Morgan fingerprint density at radius 1 is 1.04 bits per heavy atom. The molecule has 0 unspecified atom stereocenters. The second-order valence-electron chi connectivity index (χ2n) is 6.88. The van der Waals surface area contributed by atoms with Crippen molar-refractivity contribution in [3.05, 3.63) is 29.8 Å². The zero-order valence-electron chi connectivity index (χ0n) is 17.5. The lowest BCUT2D eigenvalue weighted by Gasteiger charge is -2.34. The highest BCUT2D eigenvalue weighted by Gasteiger charge is 2.25. The molecule has 7 heteroatoms. The predicted octanol–water partition coefficient (Wildman–Crippen LogP) is 3.86. The fraction of sp³-hybridized carbons (Fsp3) is 0.667. The molecule has 1 aromatic carbocycles. The van der Waals surface area contributed by atoms with Crippen molar-refractivity contribution in [2.75, 3.05) is 45.9 Å². The summed E-state index contributed by atoms with van der Waals surface area (Å²) in [5.41, 5.74) is 0.757. The second-order valence-corrected chi connectivity index (χ2v) is 6.88. The summed E-state index contributed by atoms with van der Waals surface area (Å²) >= 11 is 0. The molecule has 1 aliphatic heterocycles. The van der Waals surface area contributed by atoms with Crippen molar-refractivity contribution in [1.82, 2.24) is 15.1 Å². The van der Waals surface area contributed by atoms with Crippen molar-refractivity contribution in [3.63, 3.8) is 0 Å². The van der Waals surface area contributed by atoms with Crippen molar-refractivity contribution >= 4 is 30.7 Å². The fourth-order valence-corrected chi connectivity index (χ4v) is 3.50. The first-order valence-electron chi connectivity index (χ1n) is 10.2. The zero-order chi connectivity index (χ0) is 18.8. The Bertz CT molecular complexity index is 533. The maximum absolute atomic E-state index is 13.0. The summed E-state index contributed by atoms with van der Waals surface area (Å²) in [4.78, 5) is 17.4. The standard InChI is InChI=1S/C21H35N3O2.2ClH/c1-4-15-24(19-11-13-22-14-12-19)21(25)18-7-9-20(10-8-18)26-17-16-23(5-2)6-3;;/h7-10,19,22H,4-6,11-17H2,1-3H3;2*1H. The first-order chi connectivity index (χ1) is 12.7. The van der Waals surface area contributed by atoms with Gasteiger partial charge in [0.15, 0.2) is 0 Å². The van der Waals surface area contributed by atoms with Crippen LogP contribution in [0.4, 0.5) is 0 Å².